The van der Waals surface area contributed by atoms with Crippen molar-refractivity contribution < 1.29 is 9.64 Å². The highest BCUT2D eigenvalue weighted by molar-refractivity contribution is 7.99. The lowest BCUT2D eigenvalue weighted by Crippen LogP contribution is -3.06. The minimum atomic E-state index is -0.122. The van der Waals surface area contributed by atoms with E-state index in [1.807, 2.05) is 0 Å². The lowest BCUT2D eigenvalue weighted by molar-refractivity contribution is -0.856. The van der Waals surface area contributed by atoms with Crippen LogP contribution in [0.3, 0.4) is 0 Å². The van der Waals surface area contributed by atoms with Crippen LogP contribution in [0.25, 0.3) is 10.2 Å². The first kappa shape index (κ1) is 17.9. The molecule has 3 rings (SSSR count). The van der Waals surface area contributed by atoms with Crippen molar-refractivity contribution in [3.05, 3.63) is 10.4 Å². The predicted octanol–water partition coefficient (Wildman–Crippen LogP) is 2.21. The monoisotopic (exact) mass is 367 g/mol. The molecule has 0 bridgehead atoms. The molecule has 1 aliphatic heterocycles. The number of hydrogen-bond acceptors (Lipinski definition) is 6. The van der Waals surface area contributed by atoms with Crippen molar-refractivity contribution in [3.8, 4) is 0 Å². The zero-order valence-electron chi connectivity index (χ0n) is 15.2. The fraction of sp³-hybridized carbons (Fsp3) is 0.647. The summed E-state index contributed by atoms with van der Waals surface area (Å²) in [5.41, 5.74) is 1.25. The van der Waals surface area contributed by atoms with E-state index in [2.05, 4.69) is 40.2 Å². The van der Waals surface area contributed by atoms with E-state index in [-0.39, 0.29) is 5.60 Å². The van der Waals surface area contributed by atoms with E-state index in [0.717, 1.165) is 41.1 Å². The van der Waals surface area contributed by atoms with Gasteiger partial charge in [0.15, 0.2) is 5.16 Å². The number of likely N-dealkylation sites (N-methyl/N-ethyl adjacent to an activating group) is 1. The summed E-state index contributed by atoms with van der Waals surface area (Å²) in [4.78, 5) is 13.4. The average molecular weight is 368 g/mol. The van der Waals surface area contributed by atoms with Crippen LogP contribution in [0.15, 0.2) is 5.16 Å². The summed E-state index contributed by atoms with van der Waals surface area (Å²) < 4.78 is 5.98. The number of rotatable bonds is 6. The van der Waals surface area contributed by atoms with E-state index in [9.17, 15) is 0 Å². The molecule has 0 aliphatic carbocycles. The van der Waals surface area contributed by atoms with Gasteiger partial charge in [-0.1, -0.05) is 18.7 Å². The fourth-order valence-corrected chi connectivity index (χ4v) is 4.61. The van der Waals surface area contributed by atoms with Gasteiger partial charge in [-0.25, -0.2) is 9.97 Å². The normalized spacial score (nSPS) is 16.6. The molecule has 2 aromatic rings. The summed E-state index contributed by atoms with van der Waals surface area (Å²) in [6.45, 7) is 9.10. The molecular weight excluding hydrogens is 340 g/mol. The zero-order valence-corrected chi connectivity index (χ0v) is 16.8. The lowest BCUT2D eigenvalue weighted by atomic mass is 9.94. The number of anilines is 1. The molecule has 2 aromatic heterocycles. The van der Waals surface area contributed by atoms with Crippen LogP contribution in [0.2, 0.25) is 0 Å². The van der Waals surface area contributed by atoms with Crippen LogP contribution in [0, 0.1) is 0 Å². The first-order valence-electron chi connectivity index (χ1n) is 8.51. The lowest BCUT2D eigenvalue weighted by Gasteiger charge is -2.30. The Morgan fingerprint density at radius 1 is 1.33 bits per heavy atom. The highest BCUT2D eigenvalue weighted by Gasteiger charge is 2.31. The van der Waals surface area contributed by atoms with Crippen molar-refractivity contribution in [2.45, 2.75) is 44.6 Å². The van der Waals surface area contributed by atoms with Crippen molar-refractivity contribution in [1.82, 2.24) is 9.97 Å². The number of ether oxygens (including phenoxy) is 1. The Morgan fingerprint density at radius 3 is 2.83 bits per heavy atom. The molecule has 2 N–H and O–H groups in total. The summed E-state index contributed by atoms with van der Waals surface area (Å²) in [7, 11) is 4.34. The quantitative estimate of drug-likeness (QED) is 0.606. The number of aromatic nitrogens is 2. The molecule has 0 saturated carbocycles. The van der Waals surface area contributed by atoms with Gasteiger partial charge in [-0.15, -0.1) is 11.3 Å². The highest BCUT2D eigenvalue weighted by atomic mass is 32.2. The molecule has 0 radical (unpaired) electrons. The minimum Gasteiger partial charge on any atom is -0.370 e. The van der Waals surface area contributed by atoms with Crippen LogP contribution in [0.5, 0.6) is 0 Å². The third kappa shape index (κ3) is 3.85. The van der Waals surface area contributed by atoms with Gasteiger partial charge < -0.3 is 15.0 Å². The molecule has 0 aromatic carbocycles. The van der Waals surface area contributed by atoms with E-state index >= 15 is 0 Å². The average Bonchev–Trinajstić information content (AvgIpc) is 2.83. The minimum absolute atomic E-state index is 0.122. The van der Waals surface area contributed by atoms with Crippen LogP contribution in [0.4, 0.5) is 5.82 Å². The Hall–Kier alpha value is -0.890. The van der Waals surface area contributed by atoms with Gasteiger partial charge in [-0.3, -0.25) is 0 Å². The summed E-state index contributed by atoms with van der Waals surface area (Å²) in [6.07, 6.45) is 0.916. The van der Waals surface area contributed by atoms with Crippen LogP contribution in [-0.4, -0.2) is 48.5 Å². The molecule has 3 heterocycles. The summed E-state index contributed by atoms with van der Waals surface area (Å²) >= 11 is 3.46. The largest absolute Gasteiger partial charge is 0.370 e. The summed E-state index contributed by atoms with van der Waals surface area (Å²) in [5.74, 6) is 1.97. The molecule has 5 nitrogen and oxygen atoms in total. The van der Waals surface area contributed by atoms with E-state index < -0.39 is 0 Å². The van der Waals surface area contributed by atoms with Gasteiger partial charge in [0.2, 0.25) is 0 Å². The van der Waals surface area contributed by atoms with Gasteiger partial charge in [0.05, 0.1) is 44.8 Å². The number of fused-ring (bicyclic) bond motifs is 3. The Kier molecular flexibility index (Phi) is 5.34. The Morgan fingerprint density at radius 2 is 2.12 bits per heavy atom. The SMILES string of the molecule is CCSc1nc(NCC[NH+](C)C)c2c3c(sc2n1)COC(C)(C)C3. The maximum Gasteiger partial charge on any atom is 0.190 e. The third-order valence-electron chi connectivity index (χ3n) is 4.10. The second-order valence-corrected chi connectivity index (χ2v) is 9.40. The number of nitrogens with zero attached hydrogens (tertiary/aromatic N) is 2. The summed E-state index contributed by atoms with van der Waals surface area (Å²) in [6, 6.07) is 0. The maximum absolute atomic E-state index is 5.98. The van der Waals surface area contributed by atoms with Crippen molar-refractivity contribution in [3.63, 3.8) is 0 Å². The van der Waals surface area contributed by atoms with Crippen molar-refractivity contribution >= 4 is 39.1 Å². The second-order valence-electron chi connectivity index (χ2n) is 7.08. The highest BCUT2D eigenvalue weighted by Crippen LogP contribution is 2.41. The molecule has 0 amide bonds. The third-order valence-corrected chi connectivity index (χ3v) is 5.93. The molecular formula is C17H27N4OS2+. The number of thiophene rings is 1. The molecule has 1 aliphatic rings. The molecule has 0 unspecified atom stereocenters. The number of thioether (sulfide) groups is 1. The van der Waals surface area contributed by atoms with Gasteiger partial charge in [-0.05, 0) is 25.2 Å². The topological polar surface area (TPSA) is 51.5 Å². The van der Waals surface area contributed by atoms with Crippen molar-refractivity contribution in [1.29, 1.82) is 0 Å². The van der Waals surface area contributed by atoms with E-state index in [1.165, 1.54) is 20.7 Å². The molecule has 0 spiro atoms. The van der Waals surface area contributed by atoms with Gasteiger partial charge in [0, 0.05) is 11.3 Å². The summed E-state index contributed by atoms with van der Waals surface area (Å²) in [5, 5.41) is 5.64. The second kappa shape index (κ2) is 7.15. The molecule has 24 heavy (non-hydrogen) atoms. The number of hydrogen-bond donors (Lipinski definition) is 2. The van der Waals surface area contributed by atoms with E-state index in [1.54, 1.807) is 23.1 Å². The van der Waals surface area contributed by atoms with Crippen LogP contribution in [0.1, 0.15) is 31.2 Å². The smallest absolute Gasteiger partial charge is 0.190 e. The fourth-order valence-electron chi connectivity index (χ4n) is 2.88. The van der Waals surface area contributed by atoms with Gasteiger partial charge >= 0.3 is 0 Å². The Labute approximate surface area is 152 Å². The molecule has 7 heteroatoms. The first-order chi connectivity index (χ1) is 11.4. The predicted molar refractivity (Wildman–Crippen MR) is 103 cm³/mol. The van der Waals surface area contributed by atoms with E-state index in [0.29, 0.717) is 6.61 Å². The molecule has 0 fully saturated rings. The van der Waals surface area contributed by atoms with Crippen molar-refractivity contribution in [2.75, 3.05) is 38.3 Å². The molecule has 0 saturated heterocycles. The van der Waals surface area contributed by atoms with E-state index in [4.69, 9.17) is 14.7 Å². The number of nitrogens with one attached hydrogen (secondary N) is 2. The molecule has 0 atom stereocenters. The van der Waals surface area contributed by atoms with Crippen LogP contribution < -0.4 is 10.2 Å². The van der Waals surface area contributed by atoms with Crippen LogP contribution in [-0.2, 0) is 17.8 Å². The maximum atomic E-state index is 5.98. The van der Waals surface area contributed by atoms with Gasteiger partial charge in [-0.2, -0.15) is 0 Å². The van der Waals surface area contributed by atoms with Gasteiger partial charge in [0.1, 0.15) is 10.6 Å². The first-order valence-corrected chi connectivity index (χ1v) is 10.3. The number of quaternary nitrogens is 1. The van der Waals surface area contributed by atoms with Crippen LogP contribution >= 0.6 is 23.1 Å². The zero-order chi connectivity index (χ0) is 17.3. The Bertz CT molecular complexity index is 727. The van der Waals surface area contributed by atoms with Gasteiger partial charge in [0.25, 0.3) is 0 Å². The molecule has 132 valence electrons. The standard InChI is InChI=1S/C17H26N4OS2/c1-6-23-16-19-14(18-7-8-21(4)5)13-11-9-17(2,3)22-10-12(11)24-15(13)20-16/h6-10H2,1-5H3,(H,18,19,20)/p+1. The Balaban J connectivity index is 2.03. The van der Waals surface area contributed by atoms with Crippen molar-refractivity contribution in [2.24, 2.45) is 0 Å².